The first kappa shape index (κ1) is 63.3. The van der Waals surface area contributed by atoms with Crippen LogP contribution in [0.2, 0.25) is 0 Å². The van der Waals surface area contributed by atoms with E-state index in [1.54, 1.807) is 0 Å². The van der Waals surface area contributed by atoms with E-state index in [4.69, 9.17) is 4.74 Å². The van der Waals surface area contributed by atoms with Crippen molar-refractivity contribution in [3.05, 3.63) is 24.3 Å². The number of allylic oxidation sites excluding steroid dienone is 4. The average molecular weight is 917 g/mol. The molecule has 6 nitrogen and oxygen atoms in total. The number of aliphatic hydroxyl groups is 2. The largest absolute Gasteiger partial charge is 0.462 e. The maximum atomic E-state index is 13.2. The van der Waals surface area contributed by atoms with Crippen LogP contribution < -0.4 is 5.32 Å². The van der Waals surface area contributed by atoms with Crippen molar-refractivity contribution in [2.75, 3.05) is 6.61 Å². The third kappa shape index (κ3) is 48.6. The summed E-state index contributed by atoms with van der Waals surface area (Å²) in [7, 11) is 0. The second kappa shape index (κ2) is 53.3. The number of carbonyl (C=O) groups is 2. The van der Waals surface area contributed by atoms with Crippen LogP contribution in [0, 0.1) is 0 Å². The number of aliphatic hydroxyl groups excluding tert-OH is 2. The van der Waals surface area contributed by atoms with E-state index in [1.807, 2.05) is 0 Å². The molecule has 0 aromatic heterocycles. The summed E-state index contributed by atoms with van der Waals surface area (Å²) in [4.78, 5) is 26.2. The lowest BCUT2D eigenvalue weighted by Crippen LogP contribution is -2.46. The molecule has 0 heterocycles. The Morgan fingerprint density at radius 2 is 0.754 bits per heavy atom. The molecule has 1 amide bonds. The van der Waals surface area contributed by atoms with Gasteiger partial charge in [0.15, 0.2) is 0 Å². The Hall–Kier alpha value is -1.66. The van der Waals surface area contributed by atoms with Crippen LogP contribution in [0.15, 0.2) is 24.3 Å². The summed E-state index contributed by atoms with van der Waals surface area (Å²) in [5.74, 6) is -0.492. The quantitative estimate of drug-likeness (QED) is 0.0321. The van der Waals surface area contributed by atoms with Gasteiger partial charge >= 0.3 is 5.97 Å². The van der Waals surface area contributed by atoms with Crippen molar-refractivity contribution in [1.82, 2.24) is 5.32 Å². The first-order valence-corrected chi connectivity index (χ1v) is 29.1. The summed E-state index contributed by atoms with van der Waals surface area (Å²) >= 11 is 0. The fourth-order valence-corrected chi connectivity index (χ4v) is 9.08. The summed E-state index contributed by atoms with van der Waals surface area (Å²) in [6, 6.07) is -0.708. The first-order chi connectivity index (χ1) is 32.0. The third-order valence-electron chi connectivity index (χ3n) is 13.5. The highest BCUT2D eigenvalue weighted by Crippen LogP contribution is 2.18. The zero-order chi connectivity index (χ0) is 47.4. The van der Waals surface area contributed by atoms with Crippen LogP contribution in [0.4, 0.5) is 0 Å². The van der Waals surface area contributed by atoms with Crippen molar-refractivity contribution in [2.24, 2.45) is 0 Å². The molecule has 0 saturated carbocycles. The van der Waals surface area contributed by atoms with E-state index in [2.05, 4.69) is 50.4 Å². The van der Waals surface area contributed by atoms with Crippen molar-refractivity contribution < 1.29 is 24.5 Å². The molecular formula is C59H113NO5. The second-order valence-corrected chi connectivity index (χ2v) is 20.0. The van der Waals surface area contributed by atoms with E-state index in [9.17, 15) is 19.8 Å². The highest BCUT2D eigenvalue weighted by atomic mass is 16.5. The standard InChI is InChI=1S/C59H113NO5/c1-4-7-10-13-16-19-22-25-27-29-31-33-36-39-42-45-48-51-57(62)56(54-61)60-58(63)53-55(50-47-44-41-38-35-24-21-18-15-12-9-6-3)65-59(64)52-49-46-43-40-37-34-32-30-28-26-23-20-17-14-11-8-5-2/h26,28,38,41,55-57,61-62H,4-25,27,29-37,39-40,42-54H2,1-3H3,(H,60,63)/b28-26+,41-38-. The molecule has 0 aliphatic heterocycles. The SMILES string of the molecule is CCCCCCCC/C=C/CCCCCCCCCC(=O)OC(CCC/C=C\CCCCCCCCC)CC(=O)NC(CO)C(O)CCCCCCCCCCCCCCCCCCC. The van der Waals surface area contributed by atoms with E-state index >= 15 is 0 Å². The topological polar surface area (TPSA) is 95.9 Å². The van der Waals surface area contributed by atoms with Gasteiger partial charge in [-0.3, -0.25) is 9.59 Å². The number of carbonyl (C=O) groups excluding carboxylic acids is 2. The van der Waals surface area contributed by atoms with Crippen LogP contribution in [-0.2, 0) is 14.3 Å². The highest BCUT2D eigenvalue weighted by Gasteiger charge is 2.24. The molecule has 0 aliphatic carbocycles. The summed E-state index contributed by atoms with van der Waals surface area (Å²) in [6.07, 6.45) is 62.5. The fourth-order valence-electron chi connectivity index (χ4n) is 9.08. The lowest BCUT2D eigenvalue weighted by molar-refractivity contribution is -0.151. The van der Waals surface area contributed by atoms with E-state index in [1.165, 1.54) is 218 Å². The molecule has 0 aliphatic rings. The van der Waals surface area contributed by atoms with Crippen LogP contribution in [0.5, 0.6) is 0 Å². The number of unbranched alkanes of at least 4 members (excludes halogenated alkanes) is 37. The Morgan fingerprint density at radius 3 is 1.12 bits per heavy atom. The van der Waals surface area contributed by atoms with Gasteiger partial charge in [0, 0.05) is 6.42 Å². The molecule has 3 unspecified atom stereocenters. The molecule has 0 radical (unpaired) electrons. The molecule has 65 heavy (non-hydrogen) atoms. The van der Waals surface area contributed by atoms with Crippen LogP contribution in [0.3, 0.4) is 0 Å². The second-order valence-electron chi connectivity index (χ2n) is 20.0. The molecule has 6 heteroatoms. The molecular weight excluding hydrogens is 803 g/mol. The zero-order valence-electron chi connectivity index (χ0n) is 43.9. The monoisotopic (exact) mass is 916 g/mol. The van der Waals surface area contributed by atoms with Crippen molar-refractivity contribution in [3.63, 3.8) is 0 Å². The summed E-state index contributed by atoms with van der Waals surface area (Å²) in [5.41, 5.74) is 0. The van der Waals surface area contributed by atoms with Gasteiger partial charge in [-0.1, -0.05) is 257 Å². The number of ether oxygens (including phenoxy) is 1. The third-order valence-corrected chi connectivity index (χ3v) is 13.5. The number of hydrogen-bond acceptors (Lipinski definition) is 5. The van der Waals surface area contributed by atoms with Crippen LogP contribution in [0.25, 0.3) is 0 Å². The van der Waals surface area contributed by atoms with Gasteiger partial charge in [-0.25, -0.2) is 0 Å². The Morgan fingerprint density at radius 1 is 0.431 bits per heavy atom. The maximum absolute atomic E-state index is 13.2. The zero-order valence-corrected chi connectivity index (χ0v) is 43.9. The predicted molar refractivity (Wildman–Crippen MR) is 283 cm³/mol. The molecule has 3 N–H and O–H groups in total. The van der Waals surface area contributed by atoms with Crippen molar-refractivity contribution >= 4 is 11.9 Å². The predicted octanol–water partition coefficient (Wildman–Crippen LogP) is 17.9. The normalized spacial score (nSPS) is 13.2. The van der Waals surface area contributed by atoms with E-state index in [0.717, 1.165) is 51.4 Å². The Bertz CT molecular complexity index is 1030. The van der Waals surface area contributed by atoms with Gasteiger partial charge in [-0.15, -0.1) is 0 Å². The van der Waals surface area contributed by atoms with Crippen LogP contribution >= 0.6 is 0 Å². The minimum atomic E-state index is -0.792. The Balaban J connectivity index is 4.48. The molecule has 0 bridgehead atoms. The molecule has 384 valence electrons. The smallest absolute Gasteiger partial charge is 0.306 e. The molecule has 0 aromatic rings. The first-order valence-electron chi connectivity index (χ1n) is 29.1. The lowest BCUT2D eigenvalue weighted by atomic mass is 10.0. The Labute approximate surface area is 405 Å². The number of hydrogen-bond donors (Lipinski definition) is 3. The summed E-state index contributed by atoms with van der Waals surface area (Å²) in [5, 5.41) is 23.9. The van der Waals surface area contributed by atoms with Crippen molar-refractivity contribution in [3.8, 4) is 0 Å². The van der Waals surface area contributed by atoms with E-state index < -0.39 is 18.2 Å². The van der Waals surface area contributed by atoms with Crippen LogP contribution in [0.1, 0.15) is 316 Å². The summed E-state index contributed by atoms with van der Waals surface area (Å²) < 4.78 is 5.94. The van der Waals surface area contributed by atoms with Crippen LogP contribution in [-0.4, -0.2) is 46.9 Å². The van der Waals surface area contributed by atoms with Gasteiger partial charge in [0.2, 0.25) is 5.91 Å². The summed E-state index contributed by atoms with van der Waals surface area (Å²) in [6.45, 7) is 6.50. The van der Waals surface area contributed by atoms with Gasteiger partial charge in [-0.05, 0) is 70.6 Å². The van der Waals surface area contributed by atoms with Gasteiger partial charge in [0.25, 0.3) is 0 Å². The number of amides is 1. The molecule has 0 spiro atoms. The maximum Gasteiger partial charge on any atom is 0.306 e. The molecule has 0 saturated heterocycles. The minimum absolute atomic E-state index is 0.0596. The minimum Gasteiger partial charge on any atom is -0.462 e. The molecule has 0 aromatic carbocycles. The molecule has 0 rings (SSSR count). The number of nitrogens with one attached hydrogen (secondary N) is 1. The molecule has 0 fully saturated rings. The van der Waals surface area contributed by atoms with E-state index in [-0.39, 0.29) is 24.9 Å². The van der Waals surface area contributed by atoms with Crippen molar-refractivity contribution in [2.45, 2.75) is 334 Å². The van der Waals surface area contributed by atoms with Crippen molar-refractivity contribution in [1.29, 1.82) is 0 Å². The van der Waals surface area contributed by atoms with Gasteiger partial charge in [0.05, 0.1) is 25.2 Å². The number of rotatable bonds is 53. The molecule has 3 atom stereocenters. The highest BCUT2D eigenvalue weighted by molar-refractivity contribution is 5.77. The van der Waals surface area contributed by atoms with E-state index in [0.29, 0.717) is 19.3 Å². The van der Waals surface area contributed by atoms with Gasteiger partial charge < -0.3 is 20.3 Å². The van der Waals surface area contributed by atoms with Gasteiger partial charge in [-0.2, -0.15) is 0 Å². The Kier molecular flexibility index (Phi) is 51.9. The number of esters is 1. The lowest BCUT2D eigenvalue weighted by Gasteiger charge is -2.24. The fraction of sp³-hybridized carbons (Fsp3) is 0.898. The van der Waals surface area contributed by atoms with Gasteiger partial charge in [0.1, 0.15) is 6.10 Å². The average Bonchev–Trinajstić information content (AvgIpc) is 3.30.